The van der Waals surface area contributed by atoms with Crippen molar-refractivity contribution in [1.29, 1.82) is 0 Å². The molecule has 0 radical (unpaired) electrons. The Morgan fingerprint density at radius 1 is 1.29 bits per heavy atom. The van der Waals surface area contributed by atoms with Crippen LogP contribution >= 0.6 is 0 Å². The number of imidazole rings is 1. The molecule has 144 valence electrons. The van der Waals surface area contributed by atoms with E-state index in [1.54, 1.807) is 13.1 Å². The van der Waals surface area contributed by atoms with E-state index in [0.717, 1.165) is 42.8 Å². The second-order valence-corrected chi connectivity index (χ2v) is 7.14. The highest BCUT2D eigenvalue weighted by atomic mass is 16.5. The molecule has 28 heavy (non-hydrogen) atoms. The molecule has 1 atom stereocenters. The summed E-state index contributed by atoms with van der Waals surface area (Å²) < 4.78 is 7.37. The summed E-state index contributed by atoms with van der Waals surface area (Å²) in [6.45, 7) is 4.32. The second kappa shape index (κ2) is 8.42. The van der Waals surface area contributed by atoms with Crippen LogP contribution in [0.25, 0.3) is 11.3 Å². The van der Waals surface area contributed by atoms with Crippen molar-refractivity contribution in [2.75, 3.05) is 13.1 Å². The summed E-state index contributed by atoms with van der Waals surface area (Å²) >= 11 is 0. The van der Waals surface area contributed by atoms with Gasteiger partial charge >= 0.3 is 0 Å². The summed E-state index contributed by atoms with van der Waals surface area (Å²) in [4.78, 5) is 4.18. The fourth-order valence-corrected chi connectivity index (χ4v) is 3.39. The van der Waals surface area contributed by atoms with Crippen LogP contribution in [-0.2, 0) is 6.54 Å². The number of nitrogens with one attached hydrogen (secondary N) is 1. The average Bonchev–Trinajstić information content (AvgIpc) is 3.38. The molecular formula is C22H24N4O2. The minimum Gasteiger partial charge on any atom is -0.385 e. The van der Waals surface area contributed by atoms with Crippen molar-refractivity contribution >= 4 is 0 Å². The quantitative estimate of drug-likeness (QED) is 0.685. The van der Waals surface area contributed by atoms with Crippen molar-refractivity contribution in [3.8, 4) is 23.2 Å². The van der Waals surface area contributed by atoms with Gasteiger partial charge in [0.2, 0.25) is 0 Å². The number of hydrogen-bond donors (Lipinski definition) is 2. The first kappa shape index (κ1) is 18.5. The molecule has 0 amide bonds. The van der Waals surface area contributed by atoms with Gasteiger partial charge in [-0.15, -0.1) is 0 Å². The molecule has 4 rings (SSSR count). The van der Waals surface area contributed by atoms with Crippen LogP contribution in [0.15, 0.2) is 47.2 Å². The molecule has 0 bridgehead atoms. The highest BCUT2D eigenvalue weighted by molar-refractivity contribution is 5.59. The predicted molar refractivity (Wildman–Crippen MR) is 106 cm³/mol. The number of aliphatic hydroxyl groups excluding tert-OH is 1. The normalized spacial score (nSPS) is 15.8. The van der Waals surface area contributed by atoms with Crippen LogP contribution in [0.4, 0.5) is 0 Å². The van der Waals surface area contributed by atoms with E-state index in [1.807, 2.05) is 41.1 Å². The first-order chi connectivity index (χ1) is 13.7. The Morgan fingerprint density at radius 3 is 2.82 bits per heavy atom. The number of nitrogens with zero attached hydrogens (tertiary/aromatic N) is 3. The van der Waals surface area contributed by atoms with E-state index in [9.17, 15) is 5.11 Å². The molecule has 0 unspecified atom stereocenters. The van der Waals surface area contributed by atoms with E-state index in [1.165, 1.54) is 0 Å². The molecule has 0 saturated carbocycles. The van der Waals surface area contributed by atoms with Gasteiger partial charge in [-0.2, -0.15) is 0 Å². The monoisotopic (exact) mass is 376 g/mol. The SMILES string of the molecule is C[C@H](O)c1nccn1Cc1cc(-c2ccc(C#CC3CCNCC3)cc2)on1. The lowest BCUT2D eigenvalue weighted by Crippen LogP contribution is -2.26. The van der Waals surface area contributed by atoms with Gasteiger partial charge in [0.15, 0.2) is 5.76 Å². The van der Waals surface area contributed by atoms with Crippen molar-refractivity contribution in [3.63, 3.8) is 0 Å². The van der Waals surface area contributed by atoms with Crippen molar-refractivity contribution < 1.29 is 9.63 Å². The highest BCUT2D eigenvalue weighted by Crippen LogP contribution is 2.22. The average molecular weight is 376 g/mol. The molecule has 1 aliphatic heterocycles. The van der Waals surface area contributed by atoms with Gasteiger partial charge in [-0.3, -0.25) is 0 Å². The number of aliphatic hydroxyl groups is 1. The zero-order valence-corrected chi connectivity index (χ0v) is 15.9. The van der Waals surface area contributed by atoms with E-state index in [0.29, 0.717) is 24.0 Å². The number of hydrogen-bond acceptors (Lipinski definition) is 5. The Hall–Kier alpha value is -2.88. The standard InChI is InChI=1S/C22H24N4O2/c1-16(27)22-24-12-13-26(22)15-20-14-21(28-25-20)19-6-4-17(5-7-19)2-3-18-8-10-23-11-9-18/h4-7,12-14,16,18,23,27H,8-11,15H2,1H3/t16-/m0/s1. The van der Waals surface area contributed by atoms with Crippen LogP contribution in [0.3, 0.4) is 0 Å². The van der Waals surface area contributed by atoms with Gasteiger partial charge in [0.05, 0.1) is 6.54 Å². The molecule has 6 nitrogen and oxygen atoms in total. The summed E-state index contributed by atoms with van der Waals surface area (Å²) in [5.41, 5.74) is 2.76. The fraction of sp³-hybridized carbons (Fsp3) is 0.364. The Kier molecular flexibility index (Phi) is 5.56. The van der Waals surface area contributed by atoms with Crippen molar-refractivity contribution in [3.05, 3.63) is 59.8 Å². The maximum absolute atomic E-state index is 9.77. The molecule has 1 aromatic carbocycles. The van der Waals surface area contributed by atoms with E-state index < -0.39 is 6.10 Å². The van der Waals surface area contributed by atoms with Crippen LogP contribution in [0, 0.1) is 17.8 Å². The van der Waals surface area contributed by atoms with Gasteiger partial charge in [-0.05, 0) is 57.1 Å². The third-order valence-electron chi connectivity index (χ3n) is 4.94. The van der Waals surface area contributed by atoms with Crippen molar-refractivity contribution in [1.82, 2.24) is 20.0 Å². The molecule has 3 aromatic rings. The highest BCUT2D eigenvalue weighted by Gasteiger charge is 2.12. The van der Waals surface area contributed by atoms with E-state index in [-0.39, 0.29) is 0 Å². The van der Waals surface area contributed by atoms with Gasteiger partial charge in [-0.25, -0.2) is 4.98 Å². The molecule has 1 aliphatic rings. The van der Waals surface area contributed by atoms with Crippen LogP contribution < -0.4 is 5.32 Å². The molecule has 2 aromatic heterocycles. The molecule has 6 heteroatoms. The van der Waals surface area contributed by atoms with Crippen molar-refractivity contribution in [2.45, 2.75) is 32.4 Å². The number of benzene rings is 1. The Bertz CT molecular complexity index is 970. The Morgan fingerprint density at radius 2 is 2.07 bits per heavy atom. The molecule has 0 aliphatic carbocycles. The van der Waals surface area contributed by atoms with Gasteiger partial charge in [-0.1, -0.05) is 17.0 Å². The fourth-order valence-electron chi connectivity index (χ4n) is 3.39. The molecule has 1 saturated heterocycles. The van der Waals surface area contributed by atoms with Crippen LogP contribution in [0.1, 0.15) is 43.0 Å². The van der Waals surface area contributed by atoms with Crippen LogP contribution in [0.5, 0.6) is 0 Å². The second-order valence-electron chi connectivity index (χ2n) is 7.14. The zero-order valence-electron chi connectivity index (χ0n) is 15.9. The summed E-state index contributed by atoms with van der Waals surface area (Å²) in [6.07, 6.45) is 5.12. The number of piperidine rings is 1. The summed E-state index contributed by atoms with van der Waals surface area (Å²) in [6, 6.07) is 9.98. The largest absolute Gasteiger partial charge is 0.385 e. The van der Waals surface area contributed by atoms with E-state index in [2.05, 4.69) is 27.3 Å². The third kappa shape index (κ3) is 4.33. The van der Waals surface area contributed by atoms with Crippen molar-refractivity contribution in [2.24, 2.45) is 5.92 Å². The lowest BCUT2D eigenvalue weighted by molar-refractivity contribution is 0.184. The van der Waals surface area contributed by atoms with Crippen LogP contribution in [-0.4, -0.2) is 32.9 Å². The summed E-state index contributed by atoms with van der Waals surface area (Å²) in [7, 11) is 0. The summed E-state index contributed by atoms with van der Waals surface area (Å²) in [5, 5.41) is 17.3. The van der Waals surface area contributed by atoms with Gasteiger partial charge in [0, 0.05) is 35.5 Å². The maximum atomic E-state index is 9.77. The molecule has 0 spiro atoms. The first-order valence-corrected chi connectivity index (χ1v) is 9.66. The van der Waals surface area contributed by atoms with Crippen LogP contribution in [0.2, 0.25) is 0 Å². The van der Waals surface area contributed by atoms with E-state index in [4.69, 9.17) is 4.52 Å². The number of aromatic nitrogens is 3. The molecule has 3 heterocycles. The molecular weight excluding hydrogens is 352 g/mol. The van der Waals surface area contributed by atoms with E-state index >= 15 is 0 Å². The topological polar surface area (TPSA) is 76.1 Å². The summed E-state index contributed by atoms with van der Waals surface area (Å²) in [5.74, 6) is 8.49. The number of rotatable bonds is 4. The Labute approximate surface area is 164 Å². The molecule has 1 fully saturated rings. The first-order valence-electron chi connectivity index (χ1n) is 9.66. The smallest absolute Gasteiger partial charge is 0.167 e. The minimum atomic E-state index is -0.625. The third-order valence-corrected chi connectivity index (χ3v) is 4.94. The minimum absolute atomic E-state index is 0.493. The van der Waals surface area contributed by atoms with Gasteiger partial charge in [0.1, 0.15) is 17.6 Å². The zero-order chi connectivity index (χ0) is 19.3. The molecule has 2 N–H and O–H groups in total. The predicted octanol–water partition coefficient (Wildman–Crippen LogP) is 2.99. The maximum Gasteiger partial charge on any atom is 0.167 e. The van der Waals surface area contributed by atoms with Gasteiger partial charge in [0.25, 0.3) is 0 Å². The van der Waals surface area contributed by atoms with Gasteiger partial charge < -0.3 is 19.5 Å². The lowest BCUT2D eigenvalue weighted by Gasteiger charge is -2.17. The Balaban J connectivity index is 1.44. The lowest BCUT2D eigenvalue weighted by atomic mass is 9.98.